The summed E-state index contributed by atoms with van der Waals surface area (Å²) < 4.78 is 0. The Kier molecular flexibility index (Phi) is 21.7. The fourth-order valence-corrected chi connectivity index (χ4v) is 0. The molecule has 0 aliphatic heterocycles. The van der Waals surface area contributed by atoms with E-state index >= 15 is 0 Å². The van der Waals surface area contributed by atoms with E-state index in [4.69, 9.17) is 38.4 Å². The Morgan fingerprint density at radius 2 is 0.750 bits per heavy atom. The van der Waals surface area contributed by atoms with Gasteiger partial charge in [-0.05, 0) is 0 Å². The molecule has 0 spiro atoms. The van der Waals surface area contributed by atoms with E-state index in [1.807, 2.05) is 0 Å². The van der Waals surface area contributed by atoms with E-state index < -0.39 is 18.1 Å². The van der Waals surface area contributed by atoms with Gasteiger partial charge in [0, 0.05) is 0 Å². The molecule has 4 N–H and O–H groups in total. The van der Waals surface area contributed by atoms with Crippen LogP contribution in [0.15, 0.2) is 0 Å². The normalized spacial score (nSPS) is 10.0. The third-order valence-corrected chi connectivity index (χ3v) is 0. The zero-order valence-corrected chi connectivity index (χ0v) is 15.8. The molecule has 12 heteroatoms. The smallest absolute Gasteiger partial charge is 0.894 e. The predicted octanol–water partition coefficient (Wildman–Crippen LogP) is -8.51. The van der Waals surface area contributed by atoms with Gasteiger partial charge in [-0.1, -0.05) is 0 Å². The van der Waals surface area contributed by atoms with Crippen LogP contribution < -0.4 is 19.2 Å². The third-order valence-electron chi connectivity index (χ3n) is 0. The van der Waals surface area contributed by atoms with E-state index in [1.54, 1.807) is 0 Å². The molecule has 0 heterocycles. The molecule has 12 heavy (non-hydrogen) atoms. The summed E-state index contributed by atoms with van der Waals surface area (Å²) >= 11 is 0. The molecule has 0 aromatic carbocycles. The molecule has 0 radical (unpaired) electrons. The standard InChI is InChI=1S/Ba.H4O4Si.O4Si.Sr/c;2*1-5(2,3)4;/h;1-4H;;/q+2;;-4;+2. The Morgan fingerprint density at radius 1 is 0.750 bits per heavy atom. The second-order valence-corrected chi connectivity index (χ2v) is 3.30. The molecule has 0 rings (SSSR count). The van der Waals surface area contributed by atoms with Crippen LogP contribution in [0.2, 0.25) is 0 Å². The maximum atomic E-state index is 8.58. The Bertz CT molecular complexity index is 60.0. The predicted molar refractivity (Wildman–Crippen MR) is 31.9 cm³/mol. The summed E-state index contributed by atoms with van der Waals surface area (Å²) in [5, 5.41) is 0. The van der Waals surface area contributed by atoms with Gasteiger partial charge in [0.1, 0.15) is 0 Å². The first-order valence-electron chi connectivity index (χ1n) is 1.71. The summed E-state index contributed by atoms with van der Waals surface area (Å²) in [7, 11) is -10.2. The molecule has 0 unspecified atom stereocenters. The summed E-state index contributed by atoms with van der Waals surface area (Å²) in [5.74, 6) is 0. The molecule has 0 aromatic rings. The van der Waals surface area contributed by atoms with Crippen LogP contribution in [0.1, 0.15) is 0 Å². The zero-order chi connectivity index (χ0) is 9.00. The van der Waals surface area contributed by atoms with Gasteiger partial charge in [-0.3, -0.25) is 0 Å². The van der Waals surface area contributed by atoms with Gasteiger partial charge in [-0.25, -0.2) is 0 Å². The maximum absolute atomic E-state index is 8.58. The fourth-order valence-electron chi connectivity index (χ4n) is 0. The van der Waals surface area contributed by atoms with Crippen molar-refractivity contribution in [1.29, 1.82) is 0 Å². The SMILES string of the molecule is O[Si](O)(O)O.[Ba+2].[O-][Si]([O-])([O-])[O-].[Sr+2]. The average molecular weight is 413 g/mol. The summed E-state index contributed by atoms with van der Waals surface area (Å²) in [6.07, 6.45) is 0. The van der Waals surface area contributed by atoms with Gasteiger partial charge < -0.3 is 47.4 Å². The largest absolute Gasteiger partial charge is 2.00 e. The second-order valence-electron chi connectivity index (χ2n) is 1.10. The number of rotatable bonds is 0. The van der Waals surface area contributed by atoms with Crippen molar-refractivity contribution in [2.45, 2.75) is 0 Å². The fraction of sp³-hybridized carbons (Fsp3) is 0. The molecular formula is H4BaO8Si2Sr. The van der Waals surface area contributed by atoms with Gasteiger partial charge in [0.25, 0.3) is 0 Å². The van der Waals surface area contributed by atoms with Crippen molar-refractivity contribution in [2.75, 3.05) is 0 Å². The van der Waals surface area contributed by atoms with Crippen LogP contribution in [0.4, 0.5) is 0 Å². The van der Waals surface area contributed by atoms with Crippen LogP contribution in [-0.4, -0.2) is 132 Å². The first-order valence-corrected chi connectivity index (χ1v) is 5.13. The van der Waals surface area contributed by atoms with Gasteiger partial charge in [-0.15, -0.1) is 0 Å². The van der Waals surface area contributed by atoms with Gasteiger partial charge in [0.15, 0.2) is 0 Å². The van der Waals surface area contributed by atoms with Crippen molar-refractivity contribution in [1.82, 2.24) is 0 Å². The first kappa shape index (κ1) is 24.4. The molecule has 0 aliphatic rings. The Labute approximate surface area is 147 Å². The molecule has 8 nitrogen and oxygen atoms in total. The Morgan fingerprint density at radius 3 is 0.750 bits per heavy atom. The van der Waals surface area contributed by atoms with E-state index in [0.717, 1.165) is 0 Å². The van der Waals surface area contributed by atoms with Crippen molar-refractivity contribution in [2.24, 2.45) is 0 Å². The summed E-state index contributed by atoms with van der Waals surface area (Å²) in [6, 6.07) is 0. The van der Waals surface area contributed by atoms with Crippen LogP contribution in [0.5, 0.6) is 0 Å². The average Bonchev–Trinajstić information content (AvgIpc) is 1.12. The van der Waals surface area contributed by atoms with Gasteiger partial charge in [-0.2, -0.15) is 0 Å². The Balaban J connectivity index is -0.0000000457. The van der Waals surface area contributed by atoms with Crippen molar-refractivity contribution in [3.63, 3.8) is 0 Å². The molecule has 0 fully saturated rings. The van der Waals surface area contributed by atoms with Crippen LogP contribution in [0, 0.1) is 0 Å². The summed E-state index contributed by atoms with van der Waals surface area (Å²) in [4.78, 5) is 63.6. The second kappa shape index (κ2) is 10.7. The third kappa shape index (κ3) is 194. The molecule has 0 amide bonds. The molecule has 0 aromatic heterocycles. The van der Waals surface area contributed by atoms with Gasteiger partial charge in [0.2, 0.25) is 0 Å². The number of hydrogen-bond donors (Lipinski definition) is 4. The molecule has 0 saturated heterocycles. The molecule has 0 aliphatic carbocycles. The summed E-state index contributed by atoms with van der Waals surface area (Å²) in [6.45, 7) is 0. The molecular weight excluding hydrogens is 409 g/mol. The van der Waals surface area contributed by atoms with E-state index in [2.05, 4.69) is 0 Å². The van der Waals surface area contributed by atoms with Crippen LogP contribution >= 0.6 is 0 Å². The van der Waals surface area contributed by atoms with E-state index in [-0.39, 0.29) is 94.4 Å². The van der Waals surface area contributed by atoms with E-state index in [1.165, 1.54) is 0 Å². The van der Waals surface area contributed by atoms with Crippen molar-refractivity contribution in [3.05, 3.63) is 0 Å². The topological polar surface area (TPSA) is 173 Å². The quantitative estimate of drug-likeness (QED) is 0.283. The first-order chi connectivity index (χ1) is 4.00. The van der Waals surface area contributed by atoms with Crippen LogP contribution in [0.25, 0.3) is 0 Å². The Hall–Kier alpha value is 3.17. The maximum Gasteiger partial charge on any atom is 2.00 e. The van der Waals surface area contributed by atoms with Crippen molar-refractivity contribution >= 4 is 112 Å². The monoisotopic (exact) mass is 414 g/mol. The minimum atomic E-state index is -5.61. The van der Waals surface area contributed by atoms with Crippen molar-refractivity contribution in [3.8, 4) is 0 Å². The molecule has 0 bridgehead atoms. The van der Waals surface area contributed by atoms with Crippen LogP contribution in [-0.2, 0) is 0 Å². The van der Waals surface area contributed by atoms with Gasteiger partial charge in [0.05, 0.1) is 0 Å². The van der Waals surface area contributed by atoms with Crippen molar-refractivity contribution < 1.29 is 38.4 Å². The number of hydrogen-bond acceptors (Lipinski definition) is 8. The summed E-state index contributed by atoms with van der Waals surface area (Å²) in [5.41, 5.74) is 0. The minimum absolute atomic E-state index is 0. The molecule has 0 atom stereocenters. The minimum Gasteiger partial charge on any atom is -0.894 e. The van der Waals surface area contributed by atoms with Crippen LogP contribution in [0.3, 0.4) is 0 Å². The van der Waals surface area contributed by atoms with Gasteiger partial charge >= 0.3 is 103 Å². The van der Waals surface area contributed by atoms with E-state index in [0.29, 0.717) is 0 Å². The van der Waals surface area contributed by atoms with E-state index in [9.17, 15) is 0 Å². The molecule has 64 valence electrons. The molecule has 0 saturated carbocycles. The zero-order valence-electron chi connectivity index (χ0n) is 5.84.